The number of aliphatic hydroxyl groups is 1. The lowest BCUT2D eigenvalue weighted by molar-refractivity contribution is 0.241. The zero-order chi connectivity index (χ0) is 15.2. The average Bonchev–Trinajstić information content (AvgIpc) is 2.48. The molecule has 0 spiro atoms. The lowest BCUT2D eigenvalue weighted by atomic mass is 10.2. The minimum Gasteiger partial charge on any atom is -0.490 e. The molecule has 0 heterocycles. The van der Waals surface area contributed by atoms with Gasteiger partial charge in [-0.3, -0.25) is 0 Å². The molecular weight excluding hydrogens is 295 g/mol. The Labute approximate surface area is 127 Å². The highest BCUT2D eigenvalue weighted by molar-refractivity contribution is 6.31. The van der Waals surface area contributed by atoms with Crippen molar-refractivity contribution in [2.24, 2.45) is 0 Å². The van der Waals surface area contributed by atoms with Crippen LogP contribution in [0.4, 0.5) is 4.39 Å². The van der Waals surface area contributed by atoms with E-state index in [1.165, 1.54) is 12.1 Å². The lowest BCUT2D eigenvalue weighted by Gasteiger charge is -2.15. The van der Waals surface area contributed by atoms with Crippen LogP contribution in [-0.2, 0) is 13.2 Å². The van der Waals surface area contributed by atoms with Gasteiger partial charge in [0.15, 0.2) is 11.5 Å². The van der Waals surface area contributed by atoms with Crippen molar-refractivity contribution >= 4 is 11.6 Å². The standard InChI is InChI=1S/C16H16ClFO3/c1-2-20-15-8-3-5-11(9-19)16(15)21-10-12-13(17)6-4-7-14(12)18/h3-8,19H,2,9-10H2,1H3. The first kappa shape index (κ1) is 15.6. The number of aliphatic hydroxyl groups excluding tert-OH is 1. The predicted molar refractivity (Wildman–Crippen MR) is 79.3 cm³/mol. The number of rotatable bonds is 6. The van der Waals surface area contributed by atoms with Crippen LogP contribution in [0.5, 0.6) is 11.5 Å². The molecule has 0 saturated carbocycles. The Balaban J connectivity index is 2.27. The summed E-state index contributed by atoms with van der Waals surface area (Å²) in [7, 11) is 0. The summed E-state index contributed by atoms with van der Waals surface area (Å²) in [6.45, 7) is 2.08. The number of hydrogen-bond acceptors (Lipinski definition) is 3. The second kappa shape index (κ2) is 7.29. The van der Waals surface area contributed by atoms with Gasteiger partial charge in [-0.2, -0.15) is 0 Å². The normalized spacial score (nSPS) is 10.5. The highest BCUT2D eigenvalue weighted by Crippen LogP contribution is 2.33. The lowest BCUT2D eigenvalue weighted by Crippen LogP contribution is -2.04. The zero-order valence-corrected chi connectivity index (χ0v) is 12.4. The maximum Gasteiger partial charge on any atom is 0.167 e. The minimum atomic E-state index is -0.429. The summed E-state index contributed by atoms with van der Waals surface area (Å²) in [6, 6.07) is 9.69. The summed E-state index contributed by atoms with van der Waals surface area (Å²) in [6.07, 6.45) is 0. The molecule has 0 aliphatic carbocycles. The fourth-order valence-corrected chi connectivity index (χ4v) is 2.15. The molecule has 2 rings (SSSR count). The topological polar surface area (TPSA) is 38.7 Å². The third kappa shape index (κ3) is 3.65. The molecule has 3 nitrogen and oxygen atoms in total. The summed E-state index contributed by atoms with van der Waals surface area (Å²) in [4.78, 5) is 0. The third-order valence-electron chi connectivity index (χ3n) is 2.95. The monoisotopic (exact) mass is 310 g/mol. The molecule has 0 saturated heterocycles. The molecule has 0 amide bonds. The highest BCUT2D eigenvalue weighted by atomic mass is 35.5. The Morgan fingerprint density at radius 1 is 1.14 bits per heavy atom. The quantitative estimate of drug-likeness (QED) is 0.878. The van der Waals surface area contributed by atoms with E-state index < -0.39 is 5.82 Å². The largest absolute Gasteiger partial charge is 0.490 e. The van der Waals surface area contributed by atoms with Gasteiger partial charge in [0.2, 0.25) is 0 Å². The van der Waals surface area contributed by atoms with E-state index in [0.717, 1.165) is 0 Å². The first-order valence-electron chi connectivity index (χ1n) is 6.58. The van der Waals surface area contributed by atoms with Crippen molar-refractivity contribution in [3.8, 4) is 11.5 Å². The molecule has 0 aromatic heterocycles. The molecule has 0 aliphatic rings. The first-order chi connectivity index (χ1) is 10.2. The van der Waals surface area contributed by atoms with Gasteiger partial charge in [-0.1, -0.05) is 29.8 Å². The molecule has 112 valence electrons. The zero-order valence-electron chi connectivity index (χ0n) is 11.6. The minimum absolute atomic E-state index is 0.0391. The van der Waals surface area contributed by atoms with Crippen molar-refractivity contribution in [1.29, 1.82) is 0 Å². The van der Waals surface area contributed by atoms with Crippen LogP contribution in [-0.4, -0.2) is 11.7 Å². The number of ether oxygens (including phenoxy) is 2. The molecule has 0 unspecified atom stereocenters. The fraction of sp³-hybridized carbons (Fsp3) is 0.250. The Morgan fingerprint density at radius 2 is 1.90 bits per heavy atom. The van der Waals surface area contributed by atoms with Crippen LogP contribution in [0.1, 0.15) is 18.1 Å². The number of benzene rings is 2. The second-order valence-corrected chi connectivity index (χ2v) is 4.73. The Morgan fingerprint density at radius 3 is 2.57 bits per heavy atom. The van der Waals surface area contributed by atoms with Crippen LogP contribution in [0.2, 0.25) is 5.02 Å². The van der Waals surface area contributed by atoms with Gasteiger partial charge in [-0.25, -0.2) is 4.39 Å². The molecular formula is C16H16ClFO3. The van der Waals surface area contributed by atoms with Crippen LogP contribution in [0.3, 0.4) is 0 Å². The van der Waals surface area contributed by atoms with Gasteiger partial charge >= 0.3 is 0 Å². The van der Waals surface area contributed by atoms with E-state index in [1.807, 2.05) is 6.92 Å². The molecule has 21 heavy (non-hydrogen) atoms. The predicted octanol–water partition coefficient (Wildman–Crippen LogP) is 3.95. The maximum absolute atomic E-state index is 13.7. The van der Waals surface area contributed by atoms with E-state index >= 15 is 0 Å². The Hall–Kier alpha value is -1.78. The summed E-state index contributed by atoms with van der Waals surface area (Å²) in [5, 5.41) is 9.68. The molecule has 0 aliphatic heterocycles. The van der Waals surface area contributed by atoms with E-state index in [2.05, 4.69) is 0 Å². The van der Waals surface area contributed by atoms with Gasteiger partial charge in [-0.05, 0) is 25.1 Å². The van der Waals surface area contributed by atoms with Crippen LogP contribution in [0.15, 0.2) is 36.4 Å². The van der Waals surface area contributed by atoms with Crippen molar-refractivity contribution in [3.05, 3.63) is 58.4 Å². The number of para-hydroxylation sites is 1. The van der Waals surface area contributed by atoms with E-state index in [9.17, 15) is 9.50 Å². The van der Waals surface area contributed by atoms with Gasteiger partial charge in [0.1, 0.15) is 12.4 Å². The van der Waals surface area contributed by atoms with Crippen LogP contribution in [0, 0.1) is 5.82 Å². The fourth-order valence-electron chi connectivity index (χ4n) is 1.93. The van der Waals surface area contributed by atoms with Gasteiger partial charge in [0, 0.05) is 11.1 Å². The van der Waals surface area contributed by atoms with Crippen molar-refractivity contribution in [2.45, 2.75) is 20.1 Å². The summed E-state index contributed by atoms with van der Waals surface area (Å²) in [5.41, 5.74) is 0.850. The molecule has 0 atom stereocenters. The van der Waals surface area contributed by atoms with Crippen molar-refractivity contribution in [3.63, 3.8) is 0 Å². The first-order valence-corrected chi connectivity index (χ1v) is 6.96. The van der Waals surface area contributed by atoms with Crippen LogP contribution in [0.25, 0.3) is 0 Å². The molecule has 0 fully saturated rings. The van der Waals surface area contributed by atoms with Crippen LogP contribution >= 0.6 is 11.6 Å². The summed E-state index contributed by atoms with van der Waals surface area (Å²) >= 11 is 5.97. The highest BCUT2D eigenvalue weighted by Gasteiger charge is 2.13. The molecule has 5 heteroatoms. The van der Waals surface area contributed by atoms with Crippen molar-refractivity contribution in [2.75, 3.05) is 6.61 Å². The molecule has 2 aromatic carbocycles. The molecule has 0 bridgehead atoms. The van der Waals surface area contributed by atoms with E-state index in [-0.39, 0.29) is 18.8 Å². The SMILES string of the molecule is CCOc1cccc(CO)c1OCc1c(F)cccc1Cl. The van der Waals surface area contributed by atoms with E-state index in [0.29, 0.717) is 28.7 Å². The van der Waals surface area contributed by atoms with Gasteiger partial charge in [0.05, 0.1) is 18.2 Å². The number of hydrogen-bond donors (Lipinski definition) is 1. The average molecular weight is 311 g/mol. The second-order valence-electron chi connectivity index (χ2n) is 4.32. The van der Waals surface area contributed by atoms with Gasteiger partial charge in [0.25, 0.3) is 0 Å². The molecule has 0 radical (unpaired) electrons. The van der Waals surface area contributed by atoms with E-state index in [1.54, 1.807) is 24.3 Å². The van der Waals surface area contributed by atoms with Gasteiger partial charge in [-0.15, -0.1) is 0 Å². The smallest absolute Gasteiger partial charge is 0.167 e. The molecule has 1 N–H and O–H groups in total. The third-order valence-corrected chi connectivity index (χ3v) is 3.31. The molecule has 2 aromatic rings. The number of halogens is 2. The van der Waals surface area contributed by atoms with E-state index in [4.69, 9.17) is 21.1 Å². The van der Waals surface area contributed by atoms with Crippen molar-refractivity contribution in [1.82, 2.24) is 0 Å². The van der Waals surface area contributed by atoms with Crippen LogP contribution < -0.4 is 9.47 Å². The summed E-state index contributed by atoms with van der Waals surface area (Å²) < 4.78 is 24.9. The van der Waals surface area contributed by atoms with Gasteiger partial charge < -0.3 is 14.6 Å². The Kier molecular flexibility index (Phi) is 5.42. The summed E-state index contributed by atoms with van der Waals surface area (Å²) in [5.74, 6) is 0.486. The van der Waals surface area contributed by atoms with Crippen molar-refractivity contribution < 1.29 is 19.0 Å². The Bertz CT molecular complexity index is 596. The maximum atomic E-state index is 13.7.